The number of aromatic nitrogens is 2. The summed E-state index contributed by atoms with van der Waals surface area (Å²) in [5, 5.41) is 8.35. The Morgan fingerprint density at radius 1 is 1.27 bits per heavy atom. The van der Waals surface area contributed by atoms with Crippen LogP contribution in [0.4, 0.5) is 0 Å². The molecule has 1 atom stereocenters. The Kier molecular flexibility index (Phi) is 6.73. The van der Waals surface area contributed by atoms with E-state index in [9.17, 15) is 0 Å². The molecule has 0 saturated carbocycles. The SMILES string of the molecule is CCCCCCOc1cc(C)ccc1CNC1CCCc2nn(C)cc21. The molecule has 26 heavy (non-hydrogen) atoms. The molecular formula is C22H33N3O. The summed E-state index contributed by atoms with van der Waals surface area (Å²) in [6.07, 6.45) is 10.6. The first-order valence-corrected chi connectivity index (χ1v) is 10.2. The van der Waals surface area contributed by atoms with E-state index in [-0.39, 0.29) is 0 Å². The molecule has 0 amide bonds. The molecule has 4 heteroatoms. The summed E-state index contributed by atoms with van der Waals surface area (Å²) in [5.74, 6) is 1.04. The molecule has 1 aromatic heterocycles. The molecule has 1 aliphatic rings. The van der Waals surface area contributed by atoms with Gasteiger partial charge in [-0.2, -0.15) is 5.10 Å². The van der Waals surface area contributed by atoms with E-state index >= 15 is 0 Å². The van der Waals surface area contributed by atoms with Crippen LogP contribution in [0.3, 0.4) is 0 Å². The molecule has 1 N–H and O–H groups in total. The second-order valence-electron chi connectivity index (χ2n) is 7.55. The molecule has 1 heterocycles. The van der Waals surface area contributed by atoms with Gasteiger partial charge >= 0.3 is 0 Å². The molecule has 0 fully saturated rings. The number of nitrogens with one attached hydrogen (secondary N) is 1. The third-order valence-electron chi connectivity index (χ3n) is 5.24. The van der Waals surface area contributed by atoms with Crippen molar-refractivity contribution in [2.75, 3.05) is 6.61 Å². The maximum absolute atomic E-state index is 6.12. The fraction of sp³-hybridized carbons (Fsp3) is 0.591. The number of benzene rings is 1. The van der Waals surface area contributed by atoms with Crippen LogP contribution in [0.1, 0.15) is 73.9 Å². The van der Waals surface area contributed by atoms with Gasteiger partial charge in [0.05, 0.1) is 12.3 Å². The highest BCUT2D eigenvalue weighted by Gasteiger charge is 2.22. The van der Waals surface area contributed by atoms with Gasteiger partial charge in [-0.15, -0.1) is 0 Å². The molecule has 1 aliphatic carbocycles. The van der Waals surface area contributed by atoms with Gasteiger partial charge in [0.25, 0.3) is 0 Å². The first-order chi connectivity index (χ1) is 12.7. The van der Waals surface area contributed by atoms with Crippen LogP contribution in [0, 0.1) is 6.92 Å². The van der Waals surface area contributed by atoms with E-state index < -0.39 is 0 Å². The van der Waals surface area contributed by atoms with E-state index in [4.69, 9.17) is 4.74 Å². The van der Waals surface area contributed by atoms with Gasteiger partial charge in [-0.1, -0.05) is 38.3 Å². The standard InChI is InChI=1S/C22H33N3O/c1-4-5-6-7-13-26-22-14-17(2)11-12-18(22)15-23-20-9-8-10-21-19(20)16-25(3)24-21/h11-12,14,16,20,23H,4-10,13,15H2,1-3H3. The van der Waals surface area contributed by atoms with Crippen molar-refractivity contribution < 1.29 is 4.74 Å². The van der Waals surface area contributed by atoms with Crippen molar-refractivity contribution in [3.63, 3.8) is 0 Å². The highest BCUT2D eigenvalue weighted by molar-refractivity contribution is 5.37. The van der Waals surface area contributed by atoms with Crippen molar-refractivity contribution in [1.29, 1.82) is 0 Å². The summed E-state index contributed by atoms with van der Waals surface area (Å²) in [6.45, 7) is 6.02. The first kappa shape index (κ1) is 19.0. The van der Waals surface area contributed by atoms with Gasteiger partial charge in [0.2, 0.25) is 0 Å². The van der Waals surface area contributed by atoms with Gasteiger partial charge in [0.15, 0.2) is 0 Å². The van der Waals surface area contributed by atoms with Crippen LogP contribution in [-0.4, -0.2) is 16.4 Å². The number of aryl methyl sites for hydroxylation is 3. The van der Waals surface area contributed by atoms with E-state index in [1.807, 2.05) is 11.7 Å². The maximum Gasteiger partial charge on any atom is 0.124 e. The smallest absolute Gasteiger partial charge is 0.124 e. The normalized spacial score (nSPS) is 16.5. The van der Waals surface area contributed by atoms with Gasteiger partial charge in [0, 0.05) is 37.0 Å². The van der Waals surface area contributed by atoms with Crippen molar-refractivity contribution in [3.05, 3.63) is 46.8 Å². The van der Waals surface area contributed by atoms with Gasteiger partial charge in [-0.3, -0.25) is 4.68 Å². The lowest BCUT2D eigenvalue weighted by Crippen LogP contribution is -2.24. The zero-order valence-corrected chi connectivity index (χ0v) is 16.6. The van der Waals surface area contributed by atoms with Crippen LogP contribution in [0.2, 0.25) is 0 Å². The number of hydrogen-bond acceptors (Lipinski definition) is 3. The minimum Gasteiger partial charge on any atom is -0.493 e. The minimum absolute atomic E-state index is 0.395. The van der Waals surface area contributed by atoms with Crippen LogP contribution in [-0.2, 0) is 20.0 Å². The molecule has 0 bridgehead atoms. The van der Waals surface area contributed by atoms with E-state index in [0.29, 0.717) is 6.04 Å². The quantitative estimate of drug-likeness (QED) is 0.653. The van der Waals surface area contributed by atoms with Gasteiger partial charge in [-0.25, -0.2) is 0 Å². The van der Waals surface area contributed by atoms with Crippen LogP contribution in [0.15, 0.2) is 24.4 Å². The second-order valence-corrected chi connectivity index (χ2v) is 7.55. The summed E-state index contributed by atoms with van der Waals surface area (Å²) in [7, 11) is 2.01. The van der Waals surface area contributed by atoms with Crippen LogP contribution < -0.4 is 10.1 Å². The Morgan fingerprint density at radius 2 is 2.15 bits per heavy atom. The van der Waals surface area contributed by atoms with E-state index in [0.717, 1.165) is 31.7 Å². The Balaban J connectivity index is 1.61. The monoisotopic (exact) mass is 355 g/mol. The number of ether oxygens (including phenoxy) is 1. The van der Waals surface area contributed by atoms with Gasteiger partial charge < -0.3 is 10.1 Å². The molecule has 0 saturated heterocycles. The molecule has 2 aromatic rings. The second kappa shape index (κ2) is 9.22. The van der Waals surface area contributed by atoms with E-state index in [2.05, 4.69) is 48.7 Å². The maximum atomic E-state index is 6.12. The summed E-state index contributed by atoms with van der Waals surface area (Å²) in [5.41, 5.74) is 5.13. The van der Waals surface area contributed by atoms with Crippen LogP contribution in [0.25, 0.3) is 0 Å². The van der Waals surface area contributed by atoms with Crippen molar-refractivity contribution in [1.82, 2.24) is 15.1 Å². The Morgan fingerprint density at radius 3 is 3.00 bits per heavy atom. The molecular weight excluding hydrogens is 322 g/mol. The van der Waals surface area contributed by atoms with Crippen molar-refractivity contribution in [3.8, 4) is 5.75 Å². The number of unbranched alkanes of at least 4 members (excludes halogenated alkanes) is 3. The Bertz CT molecular complexity index is 707. The lowest BCUT2D eigenvalue weighted by molar-refractivity contribution is 0.300. The average Bonchev–Trinajstić information content (AvgIpc) is 3.01. The van der Waals surface area contributed by atoms with E-state index in [1.54, 1.807) is 0 Å². The third kappa shape index (κ3) is 4.88. The largest absolute Gasteiger partial charge is 0.493 e. The minimum atomic E-state index is 0.395. The molecule has 3 rings (SSSR count). The molecule has 142 valence electrons. The van der Waals surface area contributed by atoms with Crippen molar-refractivity contribution >= 4 is 0 Å². The predicted molar refractivity (Wildman–Crippen MR) is 107 cm³/mol. The lowest BCUT2D eigenvalue weighted by atomic mass is 9.93. The third-order valence-corrected chi connectivity index (χ3v) is 5.24. The highest BCUT2D eigenvalue weighted by atomic mass is 16.5. The number of nitrogens with zero attached hydrogens (tertiary/aromatic N) is 2. The number of fused-ring (bicyclic) bond motifs is 1. The zero-order valence-electron chi connectivity index (χ0n) is 16.6. The fourth-order valence-electron chi connectivity index (χ4n) is 3.77. The summed E-state index contributed by atoms with van der Waals surface area (Å²) in [6, 6.07) is 6.95. The fourth-order valence-corrected chi connectivity index (χ4v) is 3.77. The number of hydrogen-bond donors (Lipinski definition) is 1. The van der Waals surface area contributed by atoms with Gasteiger partial charge in [-0.05, 0) is 44.2 Å². The average molecular weight is 356 g/mol. The summed E-state index contributed by atoms with van der Waals surface area (Å²) < 4.78 is 8.07. The Hall–Kier alpha value is -1.81. The van der Waals surface area contributed by atoms with Crippen molar-refractivity contribution in [2.45, 2.75) is 71.4 Å². The summed E-state index contributed by atoms with van der Waals surface area (Å²) in [4.78, 5) is 0. The molecule has 1 unspecified atom stereocenters. The van der Waals surface area contributed by atoms with E-state index in [1.165, 1.54) is 54.5 Å². The topological polar surface area (TPSA) is 39.1 Å². The molecule has 1 aromatic carbocycles. The van der Waals surface area contributed by atoms with Crippen LogP contribution >= 0.6 is 0 Å². The number of rotatable bonds is 9. The lowest BCUT2D eigenvalue weighted by Gasteiger charge is -2.23. The zero-order chi connectivity index (χ0) is 18.4. The summed E-state index contributed by atoms with van der Waals surface area (Å²) >= 11 is 0. The highest BCUT2D eigenvalue weighted by Crippen LogP contribution is 2.30. The Labute approximate surface area is 157 Å². The van der Waals surface area contributed by atoms with Gasteiger partial charge in [0.1, 0.15) is 5.75 Å². The molecule has 4 nitrogen and oxygen atoms in total. The molecule has 0 aliphatic heterocycles. The molecule has 0 spiro atoms. The first-order valence-electron chi connectivity index (χ1n) is 10.2. The molecule has 0 radical (unpaired) electrons. The predicted octanol–water partition coefficient (Wildman–Crippen LogP) is 4.85. The van der Waals surface area contributed by atoms with Crippen molar-refractivity contribution in [2.24, 2.45) is 7.05 Å². The van der Waals surface area contributed by atoms with Crippen LogP contribution in [0.5, 0.6) is 5.75 Å².